The summed E-state index contributed by atoms with van der Waals surface area (Å²) in [6.07, 6.45) is 7.93. The van der Waals surface area contributed by atoms with Crippen molar-refractivity contribution in [1.29, 1.82) is 0 Å². The molecular formula is C16H31NO. The molecule has 2 heteroatoms. The zero-order valence-electron chi connectivity index (χ0n) is 12.7. The van der Waals surface area contributed by atoms with E-state index in [1.165, 1.54) is 38.5 Å². The molecule has 0 radical (unpaired) electrons. The van der Waals surface area contributed by atoms with Crippen molar-refractivity contribution >= 4 is 0 Å². The summed E-state index contributed by atoms with van der Waals surface area (Å²) >= 11 is 0. The van der Waals surface area contributed by atoms with E-state index in [2.05, 4.69) is 33.0 Å². The Balaban J connectivity index is 1.91. The summed E-state index contributed by atoms with van der Waals surface area (Å²) in [5.74, 6) is 1.60. The maximum atomic E-state index is 6.15. The maximum absolute atomic E-state index is 6.15. The van der Waals surface area contributed by atoms with Crippen LogP contribution in [0.25, 0.3) is 0 Å². The fourth-order valence-electron chi connectivity index (χ4n) is 3.97. The lowest BCUT2D eigenvalue weighted by molar-refractivity contribution is -0.102. The minimum absolute atomic E-state index is 0.273. The second kappa shape index (κ2) is 5.92. The van der Waals surface area contributed by atoms with Gasteiger partial charge in [-0.15, -0.1) is 0 Å². The van der Waals surface area contributed by atoms with Crippen molar-refractivity contribution in [2.75, 3.05) is 6.61 Å². The molecule has 1 saturated heterocycles. The van der Waals surface area contributed by atoms with Crippen molar-refractivity contribution in [2.24, 2.45) is 11.8 Å². The third-order valence-corrected chi connectivity index (χ3v) is 5.17. The van der Waals surface area contributed by atoms with Gasteiger partial charge in [0, 0.05) is 18.7 Å². The summed E-state index contributed by atoms with van der Waals surface area (Å²) in [5.41, 5.74) is 0.273. The molecule has 2 fully saturated rings. The molecule has 2 nitrogen and oxygen atoms in total. The van der Waals surface area contributed by atoms with Crippen LogP contribution in [0.15, 0.2) is 0 Å². The molecule has 0 amide bonds. The molecule has 106 valence electrons. The quantitative estimate of drug-likeness (QED) is 0.824. The highest BCUT2D eigenvalue weighted by atomic mass is 16.5. The summed E-state index contributed by atoms with van der Waals surface area (Å²) in [7, 11) is 0. The van der Waals surface area contributed by atoms with Crippen LogP contribution in [0.4, 0.5) is 0 Å². The molecule has 0 aromatic rings. The molecule has 3 atom stereocenters. The molecule has 1 heterocycles. The highest BCUT2D eigenvalue weighted by Crippen LogP contribution is 2.44. The number of hydrogen-bond donors (Lipinski definition) is 1. The second-order valence-electron chi connectivity index (χ2n) is 6.96. The largest absolute Gasteiger partial charge is 0.375 e. The van der Waals surface area contributed by atoms with Crippen LogP contribution >= 0.6 is 0 Å². The zero-order valence-corrected chi connectivity index (χ0v) is 12.7. The summed E-state index contributed by atoms with van der Waals surface area (Å²) in [6.45, 7) is 10.3. The first-order chi connectivity index (χ1) is 8.52. The molecule has 1 aliphatic carbocycles. The van der Waals surface area contributed by atoms with E-state index in [0.29, 0.717) is 12.1 Å². The van der Waals surface area contributed by atoms with Crippen LogP contribution in [0.5, 0.6) is 0 Å². The number of ether oxygens (including phenoxy) is 1. The van der Waals surface area contributed by atoms with Gasteiger partial charge in [-0.25, -0.2) is 0 Å². The average Bonchev–Trinajstić information content (AvgIpc) is 2.75. The van der Waals surface area contributed by atoms with Crippen LogP contribution in [-0.2, 0) is 4.74 Å². The Labute approximate surface area is 113 Å². The topological polar surface area (TPSA) is 21.3 Å². The van der Waals surface area contributed by atoms with Crippen LogP contribution in [0.2, 0.25) is 0 Å². The Bertz CT molecular complexity index is 258. The van der Waals surface area contributed by atoms with E-state index in [-0.39, 0.29) is 5.60 Å². The highest BCUT2D eigenvalue weighted by molar-refractivity contribution is 4.93. The molecule has 2 aliphatic rings. The predicted molar refractivity (Wildman–Crippen MR) is 76.8 cm³/mol. The lowest BCUT2D eigenvalue weighted by Gasteiger charge is -2.42. The maximum Gasteiger partial charge on any atom is 0.0685 e. The van der Waals surface area contributed by atoms with Gasteiger partial charge >= 0.3 is 0 Å². The van der Waals surface area contributed by atoms with Crippen molar-refractivity contribution in [1.82, 2.24) is 5.32 Å². The van der Waals surface area contributed by atoms with E-state index in [0.717, 1.165) is 18.4 Å². The predicted octanol–water partition coefficient (Wildman–Crippen LogP) is 3.75. The van der Waals surface area contributed by atoms with Crippen molar-refractivity contribution in [3.05, 3.63) is 0 Å². The van der Waals surface area contributed by atoms with Gasteiger partial charge in [-0.05, 0) is 44.4 Å². The second-order valence-corrected chi connectivity index (χ2v) is 6.96. The molecule has 0 aromatic carbocycles. The molecule has 1 spiro atoms. The molecular weight excluding hydrogens is 222 g/mol. The third-order valence-electron chi connectivity index (χ3n) is 5.17. The highest BCUT2D eigenvalue weighted by Gasteiger charge is 2.41. The van der Waals surface area contributed by atoms with E-state index in [1.54, 1.807) is 0 Å². The van der Waals surface area contributed by atoms with E-state index in [4.69, 9.17) is 4.74 Å². The van der Waals surface area contributed by atoms with Gasteiger partial charge in [0.1, 0.15) is 0 Å². The Morgan fingerprint density at radius 1 is 1.11 bits per heavy atom. The molecule has 0 aromatic heterocycles. The van der Waals surface area contributed by atoms with E-state index in [9.17, 15) is 0 Å². The van der Waals surface area contributed by atoms with Gasteiger partial charge in [-0.2, -0.15) is 0 Å². The Morgan fingerprint density at radius 2 is 1.78 bits per heavy atom. The third kappa shape index (κ3) is 3.27. The van der Waals surface area contributed by atoms with Gasteiger partial charge < -0.3 is 10.1 Å². The molecule has 2 rings (SSSR count). The van der Waals surface area contributed by atoms with Crippen LogP contribution in [0, 0.1) is 11.8 Å². The number of hydrogen-bond acceptors (Lipinski definition) is 2. The molecule has 1 aliphatic heterocycles. The molecule has 0 bridgehead atoms. The normalized spacial score (nSPS) is 30.8. The first-order valence-corrected chi connectivity index (χ1v) is 7.92. The first-order valence-electron chi connectivity index (χ1n) is 7.92. The Morgan fingerprint density at radius 3 is 2.39 bits per heavy atom. The van der Waals surface area contributed by atoms with E-state index < -0.39 is 0 Å². The Hall–Kier alpha value is -0.0800. The van der Waals surface area contributed by atoms with E-state index in [1.807, 2.05) is 0 Å². The molecule has 1 N–H and O–H groups in total. The van der Waals surface area contributed by atoms with Gasteiger partial charge in [0.05, 0.1) is 5.60 Å². The summed E-state index contributed by atoms with van der Waals surface area (Å²) in [5, 5.41) is 3.68. The van der Waals surface area contributed by atoms with Crippen molar-refractivity contribution in [2.45, 2.75) is 83.9 Å². The summed E-state index contributed by atoms with van der Waals surface area (Å²) < 4.78 is 6.15. The standard InChI is InChI=1S/C16H31NO/c1-12(2)17-14(4)13(3)15-7-10-18-16(11-15)8-5-6-9-16/h12-15,17H,5-11H2,1-4H3. The van der Waals surface area contributed by atoms with E-state index >= 15 is 0 Å². The lowest BCUT2D eigenvalue weighted by Crippen LogP contribution is -2.45. The smallest absolute Gasteiger partial charge is 0.0685 e. The fourth-order valence-corrected chi connectivity index (χ4v) is 3.97. The van der Waals surface area contributed by atoms with Crippen molar-refractivity contribution in [3.8, 4) is 0 Å². The summed E-state index contributed by atoms with van der Waals surface area (Å²) in [6, 6.07) is 1.20. The van der Waals surface area contributed by atoms with Gasteiger partial charge in [0.15, 0.2) is 0 Å². The molecule has 1 saturated carbocycles. The van der Waals surface area contributed by atoms with Gasteiger partial charge in [-0.1, -0.05) is 33.6 Å². The van der Waals surface area contributed by atoms with Crippen molar-refractivity contribution < 1.29 is 4.74 Å². The monoisotopic (exact) mass is 253 g/mol. The SMILES string of the molecule is CC(C)NC(C)C(C)C1CCOC2(CCCC2)C1. The summed E-state index contributed by atoms with van der Waals surface area (Å²) in [4.78, 5) is 0. The van der Waals surface area contributed by atoms with Gasteiger partial charge in [0.2, 0.25) is 0 Å². The first kappa shape index (κ1) is 14.3. The van der Waals surface area contributed by atoms with Crippen LogP contribution in [-0.4, -0.2) is 24.3 Å². The number of nitrogens with one attached hydrogen (secondary N) is 1. The Kier molecular flexibility index (Phi) is 4.71. The van der Waals surface area contributed by atoms with Gasteiger partial charge in [-0.3, -0.25) is 0 Å². The fraction of sp³-hybridized carbons (Fsp3) is 1.00. The minimum Gasteiger partial charge on any atom is -0.375 e. The molecule has 3 unspecified atom stereocenters. The minimum atomic E-state index is 0.273. The van der Waals surface area contributed by atoms with Crippen LogP contribution in [0.1, 0.15) is 66.2 Å². The zero-order chi connectivity index (χ0) is 13.2. The average molecular weight is 253 g/mol. The van der Waals surface area contributed by atoms with Crippen LogP contribution < -0.4 is 5.32 Å². The molecule has 18 heavy (non-hydrogen) atoms. The number of rotatable bonds is 4. The van der Waals surface area contributed by atoms with Crippen molar-refractivity contribution in [3.63, 3.8) is 0 Å². The van der Waals surface area contributed by atoms with Gasteiger partial charge in [0.25, 0.3) is 0 Å². The lowest BCUT2D eigenvalue weighted by atomic mass is 9.76. The van der Waals surface area contributed by atoms with Crippen LogP contribution in [0.3, 0.4) is 0 Å².